The minimum atomic E-state index is -0.909. The van der Waals surface area contributed by atoms with E-state index in [9.17, 15) is 19.2 Å². The number of likely N-dealkylation sites (tertiary alicyclic amines) is 1. The van der Waals surface area contributed by atoms with Crippen LogP contribution in [0.5, 0.6) is 0 Å². The molecule has 2 atom stereocenters. The van der Waals surface area contributed by atoms with Crippen molar-refractivity contribution in [3.05, 3.63) is 75.9 Å². The number of carbonyl (C=O) groups excluding carboxylic acids is 4. The van der Waals surface area contributed by atoms with Gasteiger partial charge in [-0.1, -0.05) is 50.2 Å². The molecule has 1 fully saturated rings. The molecule has 0 unspecified atom stereocenters. The van der Waals surface area contributed by atoms with E-state index in [4.69, 9.17) is 4.74 Å². The molecular weight excluding hydrogens is 564 g/mol. The number of ketones is 1. The average Bonchev–Trinajstić information content (AvgIpc) is 3.69. The van der Waals surface area contributed by atoms with Gasteiger partial charge in [0.15, 0.2) is 5.78 Å². The minimum absolute atomic E-state index is 0.0367. The minimum Gasteiger partial charge on any atom is -0.385 e. The van der Waals surface area contributed by atoms with Gasteiger partial charge >= 0.3 is 0 Å². The lowest BCUT2D eigenvalue weighted by Gasteiger charge is -2.34. The van der Waals surface area contributed by atoms with Crippen LogP contribution in [0.4, 0.5) is 0 Å². The Hall–Kier alpha value is -3.89. The summed E-state index contributed by atoms with van der Waals surface area (Å²) in [6.07, 6.45) is 1.68. The van der Waals surface area contributed by atoms with Crippen LogP contribution in [0.15, 0.2) is 48.0 Å². The normalized spacial score (nSPS) is 17.1. The number of amides is 3. The van der Waals surface area contributed by atoms with Crippen molar-refractivity contribution in [2.24, 2.45) is 5.92 Å². The third kappa shape index (κ3) is 6.55. The van der Waals surface area contributed by atoms with Crippen molar-refractivity contribution < 1.29 is 23.9 Å². The number of ether oxygens (including phenoxy) is 1. The highest BCUT2D eigenvalue weighted by Crippen LogP contribution is 2.31. The summed E-state index contributed by atoms with van der Waals surface area (Å²) < 4.78 is 5.16. The number of hydrogen-bond donors (Lipinski definition) is 1. The summed E-state index contributed by atoms with van der Waals surface area (Å²) in [7, 11) is 1.67. The smallest absolute Gasteiger partial charge is 0.255 e. The molecule has 0 spiro atoms. The summed E-state index contributed by atoms with van der Waals surface area (Å²) in [5, 5.41) is 2.92. The lowest BCUT2D eigenvalue weighted by Crippen LogP contribution is -2.55. The van der Waals surface area contributed by atoms with Crippen LogP contribution >= 0.6 is 11.3 Å². The second-order valence-electron chi connectivity index (χ2n) is 11.6. The Morgan fingerprint density at radius 3 is 2.51 bits per heavy atom. The molecule has 3 aromatic rings. The van der Waals surface area contributed by atoms with Crippen molar-refractivity contribution in [1.82, 2.24) is 20.1 Å². The maximum absolute atomic E-state index is 14.0. The molecule has 0 aliphatic carbocycles. The van der Waals surface area contributed by atoms with E-state index in [1.54, 1.807) is 23.3 Å². The Kier molecular flexibility index (Phi) is 9.37. The molecule has 9 nitrogen and oxygen atoms in total. The van der Waals surface area contributed by atoms with E-state index >= 15 is 0 Å². The first kappa shape index (κ1) is 30.6. The predicted molar refractivity (Wildman–Crippen MR) is 164 cm³/mol. The van der Waals surface area contributed by atoms with Gasteiger partial charge in [0.05, 0.1) is 22.6 Å². The summed E-state index contributed by atoms with van der Waals surface area (Å²) in [5.41, 5.74) is 7.37. The van der Waals surface area contributed by atoms with Crippen molar-refractivity contribution in [2.75, 3.05) is 20.3 Å². The second-order valence-corrected chi connectivity index (χ2v) is 12.5. The van der Waals surface area contributed by atoms with Gasteiger partial charge in [-0.15, -0.1) is 11.3 Å². The molecule has 3 heterocycles. The SMILES string of the molecule is COCCCc1ccc2c(c1)CN([C@H](C(=O)N1CC(=O)C[C@H]1C(=O)NCc1ccc(-c3scnc3C)cc1)C(C)C)C2=O. The number of nitrogens with one attached hydrogen (secondary N) is 1. The van der Waals surface area contributed by atoms with Crippen molar-refractivity contribution in [1.29, 1.82) is 0 Å². The van der Waals surface area contributed by atoms with Gasteiger partial charge in [-0.2, -0.15) is 0 Å². The van der Waals surface area contributed by atoms with Gasteiger partial charge < -0.3 is 19.9 Å². The molecule has 0 saturated carbocycles. The Morgan fingerprint density at radius 2 is 1.84 bits per heavy atom. The van der Waals surface area contributed by atoms with Gasteiger partial charge in [0.2, 0.25) is 11.8 Å². The zero-order valence-corrected chi connectivity index (χ0v) is 25.9. The quantitative estimate of drug-likeness (QED) is 0.330. The van der Waals surface area contributed by atoms with Crippen LogP contribution in [0, 0.1) is 12.8 Å². The van der Waals surface area contributed by atoms with Crippen LogP contribution in [-0.4, -0.2) is 70.6 Å². The molecule has 1 aromatic heterocycles. The number of rotatable bonds is 11. The van der Waals surface area contributed by atoms with Crippen LogP contribution in [0.25, 0.3) is 10.4 Å². The number of nitrogens with zero attached hydrogens (tertiary/aromatic N) is 3. The number of methoxy groups -OCH3 is 1. The number of carbonyl (C=O) groups is 4. The molecule has 10 heteroatoms. The molecular formula is C33H38N4O5S. The number of fused-ring (bicyclic) bond motifs is 1. The standard InChI is InChI=1S/C33H38N4O5S/c1-20(2)29(37-17-25-14-22(6-5-13-42-4)9-12-27(25)32(37)40)33(41)36-18-26(38)15-28(36)31(39)34-16-23-7-10-24(11-8-23)30-21(3)35-19-43-30/h7-12,14,19-20,28-29H,5-6,13,15-18H2,1-4H3,(H,34,39)/t28-,29-/m0/s1. The fourth-order valence-electron chi connectivity index (χ4n) is 5.96. The van der Waals surface area contributed by atoms with E-state index < -0.39 is 12.1 Å². The Balaban J connectivity index is 1.26. The Morgan fingerprint density at radius 1 is 1.09 bits per heavy atom. The molecule has 2 aromatic carbocycles. The predicted octanol–water partition coefficient (Wildman–Crippen LogP) is 4.16. The molecule has 43 heavy (non-hydrogen) atoms. The van der Waals surface area contributed by atoms with E-state index in [0.717, 1.165) is 45.7 Å². The lowest BCUT2D eigenvalue weighted by molar-refractivity contribution is -0.143. The zero-order valence-electron chi connectivity index (χ0n) is 25.1. The lowest BCUT2D eigenvalue weighted by atomic mass is 10.0. The first-order valence-electron chi connectivity index (χ1n) is 14.7. The highest BCUT2D eigenvalue weighted by molar-refractivity contribution is 7.13. The van der Waals surface area contributed by atoms with Crippen LogP contribution in [-0.2, 0) is 38.6 Å². The number of Topliss-reactive ketones (excluding diaryl/α,β-unsaturated/α-hetero) is 1. The summed E-state index contributed by atoms with van der Waals surface area (Å²) in [4.78, 5) is 61.7. The van der Waals surface area contributed by atoms with Crippen LogP contribution < -0.4 is 5.32 Å². The van der Waals surface area contributed by atoms with Gasteiger partial charge in [0.1, 0.15) is 12.1 Å². The molecule has 1 saturated heterocycles. The van der Waals surface area contributed by atoms with Gasteiger partial charge in [-0.3, -0.25) is 19.2 Å². The summed E-state index contributed by atoms with van der Waals surface area (Å²) in [6.45, 7) is 6.86. The molecule has 5 rings (SSSR count). The fraction of sp³-hybridized carbons (Fsp3) is 0.424. The van der Waals surface area contributed by atoms with E-state index in [1.165, 1.54) is 4.90 Å². The largest absolute Gasteiger partial charge is 0.385 e. The van der Waals surface area contributed by atoms with Crippen LogP contribution in [0.2, 0.25) is 0 Å². The zero-order chi connectivity index (χ0) is 30.7. The third-order valence-electron chi connectivity index (χ3n) is 8.19. The topological polar surface area (TPSA) is 109 Å². The van der Waals surface area contributed by atoms with Gasteiger partial charge in [-0.25, -0.2) is 4.98 Å². The summed E-state index contributed by atoms with van der Waals surface area (Å²) in [6, 6.07) is 12.0. The van der Waals surface area contributed by atoms with E-state index in [2.05, 4.69) is 10.3 Å². The fourth-order valence-corrected chi connectivity index (χ4v) is 6.77. The first-order valence-corrected chi connectivity index (χ1v) is 15.6. The molecule has 0 bridgehead atoms. The van der Waals surface area contributed by atoms with Crippen LogP contribution in [0.3, 0.4) is 0 Å². The molecule has 1 N–H and O–H groups in total. The van der Waals surface area contributed by atoms with Gasteiger partial charge in [-0.05, 0) is 54.0 Å². The monoisotopic (exact) mass is 602 g/mol. The van der Waals surface area contributed by atoms with E-state index in [1.807, 2.05) is 68.7 Å². The van der Waals surface area contributed by atoms with Crippen molar-refractivity contribution in [3.8, 4) is 10.4 Å². The average molecular weight is 603 g/mol. The second kappa shape index (κ2) is 13.2. The van der Waals surface area contributed by atoms with Gasteiger partial charge in [0, 0.05) is 38.8 Å². The molecule has 226 valence electrons. The Bertz CT molecular complexity index is 1520. The highest BCUT2D eigenvalue weighted by Gasteiger charge is 2.45. The summed E-state index contributed by atoms with van der Waals surface area (Å²) >= 11 is 1.58. The first-order chi connectivity index (χ1) is 20.7. The number of benzene rings is 2. The van der Waals surface area contributed by atoms with Crippen molar-refractivity contribution in [3.63, 3.8) is 0 Å². The Labute approximate surface area is 256 Å². The molecule has 2 aliphatic rings. The molecule has 2 aliphatic heterocycles. The van der Waals surface area contributed by atoms with E-state index in [0.29, 0.717) is 18.7 Å². The number of hydrogen-bond acceptors (Lipinski definition) is 7. The highest BCUT2D eigenvalue weighted by atomic mass is 32.1. The maximum Gasteiger partial charge on any atom is 0.255 e. The number of aryl methyl sites for hydroxylation is 2. The van der Waals surface area contributed by atoms with Crippen molar-refractivity contribution >= 4 is 34.8 Å². The van der Waals surface area contributed by atoms with Crippen LogP contribution in [0.1, 0.15) is 59.4 Å². The molecule has 3 amide bonds. The van der Waals surface area contributed by atoms with E-state index in [-0.39, 0.29) is 48.9 Å². The molecule has 0 radical (unpaired) electrons. The summed E-state index contributed by atoms with van der Waals surface area (Å²) in [5.74, 6) is -1.33. The van der Waals surface area contributed by atoms with Gasteiger partial charge in [0.25, 0.3) is 5.91 Å². The van der Waals surface area contributed by atoms with Crippen molar-refractivity contribution in [2.45, 2.75) is 65.2 Å². The number of aromatic nitrogens is 1. The third-order valence-corrected chi connectivity index (χ3v) is 9.17. The maximum atomic E-state index is 14.0. The number of thiazole rings is 1.